The van der Waals surface area contributed by atoms with Gasteiger partial charge in [-0.3, -0.25) is 4.79 Å². The summed E-state index contributed by atoms with van der Waals surface area (Å²) in [5.41, 5.74) is 0.868. The third kappa shape index (κ3) is 5.50. The van der Waals surface area contributed by atoms with Crippen molar-refractivity contribution in [2.75, 3.05) is 11.9 Å². The van der Waals surface area contributed by atoms with Crippen LogP contribution in [0.25, 0.3) is 0 Å². The zero-order valence-electron chi connectivity index (χ0n) is 12.7. The summed E-state index contributed by atoms with van der Waals surface area (Å²) in [4.78, 5) is 24.3. The largest absolute Gasteiger partial charge is 0.465 e. The SMILES string of the molecule is CCOC(=O)Cn1ncc(NC(=O)CCc2ccc(F)cc2)n1. The van der Waals surface area contributed by atoms with E-state index in [0.717, 1.165) is 10.4 Å². The summed E-state index contributed by atoms with van der Waals surface area (Å²) in [6.45, 7) is 1.88. The molecule has 7 nitrogen and oxygen atoms in total. The van der Waals surface area contributed by atoms with Gasteiger partial charge in [-0.2, -0.15) is 9.90 Å². The van der Waals surface area contributed by atoms with E-state index in [1.165, 1.54) is 18.3 Å². The number of carbonyl (C=O) groups is 2. The number of rotatable bonds is 7. The first-order valence-corrected chi connectivity index (χ1v) is 7.17. The van der Waals surface area contributed by atoms with Gasteiger partial charge >= 0.3 is 5.97 Å². The summed E-state index contributed by atoms with van der Waals surface area (Å²) >= 11 is 0. The average molecular weight is 320 g/mol. The van der Waals surface area contributed by atoms with E-state index in [1.54, 1.807) is 19.1 Å². The van der Waals surface area contributed by atoms with Gasteiger partial charge in [0.2, 0.25) is 5.91 Å². The standard InChI is InChI=1S/C15H17FN4O3/c1-2-23-15(22)10-20-17-9-13(19-20)18-14(21)8-5-11-3-6-12(16)7-4-11/h3-4,6-7,9H,2,5,8,10H2,1H3,(H,18,19,21). The molecule has 0 aliphatic rings. The molecular formula is C15H17FN4O3. The van der Waals surface area contributed by atoms with E-state index in [9.17, 15) is 14.0 Å². The molecule has 1 heterocycles. The monoisotopic (exact) mass is 320 g/mol. The molecule has 0 fully saturated rings. The molecule has 0 saturated heterocycles. The van der Waals surface area contributed by atoms with Gasteiger partial charge in [0.25, 0.3) is 0 Å². The Kier molecular flexibility index (Phi) is 5.79. The second-order valence-corrected chi connectivity index (χ2v) is 4.74. The number of nitrogens with one attached hydrogen (secondary N) is 1. The van der Waals surface area contributed by atoms with Crippen molar-refractivity contribution in [1.29, 1.82) is 0 Å². The van der Waals surface area contributed by atoms with E-state index >= 15 is 0 Å². The predicted octanol–water partition coefficient (Wildman–Crippen LogP) is 1.55. The predicted molar refractivity (Wildman–Crippen MR) is 80.0 cm³/mol. The molecule has 1 aromatic heterocycles. The lowest BCUT2D eigenvalue weighted by Crippen LogP contribution is -2.16. The number of esters is 1. The molecule has 23 heavy (non-hydrogen) atoms. The number of halogens is 1. The van der Waals surface area contributed by atoms with Gasteiger partial charge in [-0.15, -0.1) is 5.10 Å². The number of anilines is 1. The van der Waals surface area contributed by atoms with Crippen LogP contribution in [0.3, 0.4) is 0 Å². The van der Waals surface area contributed by atoms with Crippen molar-refractivity contribution >= 4 is 17.7 Å². The maximum Gasteiger partial charge on any atom is 0.329 e. The number of ether oxygens (including phenoxy) is 1. The van der Waals surface area contributed by atoms with E-state index in [2.05, 4.69) is 15.5 Å². The van der Waals surface area contributed by atoms with E-state index in [0.29, 0.717) is 6.42 Å². The van der Waals surface area contributed by atoms with Crippen molar-refractivity contribution < 1.29 is 18.7 Å². The normalized spacial score (nSPS) is 10.3. The highest BCUT2D eigenvalue weighted by Gasteiger charge is 2.09. The molecule has 0 unspecified atom stereocenters. The van der Waals surface area contributed by atoms with Gasteiger partial charge in [-0.1, -0.05) is 12.1 Å². The fourth-order valence-corrected chi connectivity index (χ4v) is 1.87. The first-order valence-electron chi connectivity index (χ1n) is 7.17. The minimum Gasteiger partial charge on any atom is -0.465 e. The first kappa shape index (κ1) is 16.6. The molecule has 8 heteroatoms. The number of nitrogens with zero attached hydrogens (tertiary/aromatic N) is 3. The summed E-state index contributed by atoms with van der Waals surface area (Å²) in [5.74, 6) is -0.732. The summed E-state index contributed by atoms with van der Waals surface area (Å²) in [6, 6.07) is 5.99. The third-order valence-corrected chi connectivity index (χ3v) is 2.93. The lowest BCUT2D eigenvalue weighted by molar-refractivity contribution is -0.144. The van der Waals surface area contributed by atoms with Crippen LogP contribution in [-0.2, 0) is 27.3 Å². The molecule has 122 valence electrons. The lowest BCUT2D eigenvalue weighted by atomic mass is 10.1. The molecule has 2 rings (SSSR count). The van der Waals surface area contributed by atoms with Crippen LogP contribution in [0.5, 0.6) is 0 Å². The number of aryl methyl sites for hydroxylation is 1. The first-order chi connectivity index (χ1) is 11.1. The van der Waals surface area contributed by atoms with E-state index in [1.807, 2.05) is 0 Å². The van der Waals surface area contributed by atoms with Crippen molar-refractivity contribution in [3.8, 4) is 0 Å². The van der Waals surface area contributed by atoms with Crippen molar-refractivity contribution in [3.63, 3.8) is 0 Å². The second-order valence-electron chi connectivity index (χ2n) is 4.74. The number of hydrogen-bond acceptors (Lipinski definition) is 5. The van der Waals surface area contributed by atoms with Crippen molar-refractivity contribution in [2.45, 2.75) is 26.3 Å². The van der Waals surface area contributed by atoms with Crippen LogP contribution in [0.1, 0.15) is 18.9 Å². The van der Waals surface area contributed by atoms with Crippen LogP contribution in [0.15, 0.2) is 30.5 Å². The Balaban J connectivity index is 1.80. The highest BCUT2D eigenvalue weighted by atomic mass is 19.1. The Bertz CT molecular complexity index is 670. The fraction of sp³-hybridized carbons (Fsp3) is 0.333. The number of aromatic nitrogens is 3. The van der Waals surface area contributed by atoms with Gasteiger partial charge in [0.05, 0.1) is 12.8 Å². The molecule has 0 bridgehead atoms. The molecule has 0 aliphatic heterocycles. The van der Waals surface area contributed by atoms with Crippen molar-refractivity contribution in [1.82, 2.24) is 15.0 Å². The maximum atomic E-state index is 12.8. The van der Waals surface area contributed by atoms with Gasteiger partial charge < -0.3 is 10.1 Å². The average Bonchev–Trinajstić information content (AvgIpc) is 2.94. The number of hydrogen-bond donors (Lipinski definition) is 1. The minimum absolute atomic E-state index is 0.112. The number of carbonyl (C=O) groups excluding carboxylic acids is 2. The highest BCUT2D eigenvalue weighted by molar-refractivity contribution is 5.89. The Morgan fingerprint density at radius 2 is 2.04 bits per heavy atom. The van der Waals surface area contributed by atoms with Crippen LogP contribution >= 0.6 is 0 Å². The fourth-order valence-electron chi connectivity index (χ4n) is 1.87. The van der Waals surface area contributed by atoms with Gasteiger partial charge in [0, 0.05) is 6.42 Å². The van der Waals surface area contributed by atoms with Gasteiger partial charge in [0.1, 0.15) is 5.82 Å². The molecule has 0 aliphatic carbocycles. The Labute approximate surface area is 132 Å². The second kappa shape index (κ2) is 8.02. The number of benzene rings is 1. The van der Waals surface area contributed by atoms with Crippen molar-refractivity contribution in [2.24, 2.45) is 0 Å². The van der Waals surface area contributed by atoms with Crippen LogP contribution in [0, 0.1) is 5.82 Å². The van der Waals surface area contributed by atoms with Gasteiger partial charge in [-0.25, -0.2) is 9.18 Å². The molecule has 0 spiro atoms. The van der Waals surface area contributed by atoms with Crippen LogP contribution in [0.4, 0.5) is 10.2 Å². The van der Waals surface area contributed by atoms with Crippen LogP contribution in [-0.4, -0.2) is 33.5 Å². The Morgan fingerprint density at radius 3 is 2.74 bits per heavy atom. The minimum atomic E-state index is -0.447. The van der Waals surface area contributed by atoms with E-state index < -0.39 is 5.97 Å². The topological polar surface area (TPSA) is 86.1 Å². The van der Waals surface area contributed by atoms with Crippen LogP contribution in [0.2, 0.25) is 0 Å². The lowest BCUT2D eigenvalue weighted by Gasteiger charge is -2.02. The Morgan fingerprint density at radius 1 is 1.30 bits per heavy atom. The van der Waals surface area contributed by atoms with Gasteiger partial charge in [0.15, 0.2) is 12.4 Å². The van der Waals surface area contributed by atoms with E-state index in [-0.39, 0.29) is 37.1 Å². The molecular weight excluding hydrogens is 303 g/mol. The molecule has 1 amide bonds. The Hall–Kier alpha value is -2.77. The summed E-state index contributed by atoms with van der Waals surface area (Å²) in [7, 11) is 0. The summed E-state index contributed by atoms with van der Waals surface area (Å²) < 4.78 is 17.6. The molecule has 0 atom stereocenters. The van der Waals surface area contributed by atoms with E-state index in [4.69, 9.17) is 4.74 Å². The quantitative estimate of drug-likeness (QED) is 0.782. The molecule has 0 radical (unpaired) electrons. The molecule has 1 aromatic carbocycles. The zero-order chi connectivity index (χ0) is 16.7. The zero-order valence-corrected chi connectivity index (χ0v) is 12.7. The molecule has 0 saturated carbocycles. The number of amides is 1. The highest BCUT2D eigenvalue weighted by Crippen LogP contribution is 2.07. The maximum absolute atomic E-state index is 12.8. The third-order valence-electron chi connectivity index (χ3n) is 2.93. The summed E-state index contributed by atoms with van der Waals surface area (Å²) in [5, 5.41) is 10.4. The van der Waals surface area contributed by atoms with Gasteiger partial charge in [-0.05, 0) is 31.0 Å². The van der Waals surface area contributed by atoms with Crippen molar-refractivity contribution in [3.05, 3.63) is 41.8 Å². The summed E-state index contributed by atoms with van der Waals surface area (Å²) in [6.07, 6.45) is 2.08. The van der Waals surface area contributed by atoms with Crippen LogP contribution < -0.4 is 5.32 Å². The smallest absolute Gasteiger partial charge is 0.329 e. The molecule has 1 N–H and O–H groups in total. The molecule has 2 aromatic rings.